The predicted molar refractivity (Wildman–Crippen MR) is 106 cm³/mol. The van der Waals surface area contributed by atoms with Crippen molar-refractivity contribution in [2.24, 2.45) is 0 Å². The van der Waals surface area contributed by atoms with Crippen LogP contribution in [0.1, 0.15) is 21.6 Å². The van der Waals surface area contributed by atoms with E-state index in [1.54, 1.807) is 10.9 Å². The number of nitrogens with one attached hydrogen (secondary N) is 1. The molecule has 0 spiro atoms. The van der Waals surface area contributed by atoms with Crippen LogP contribution in [0.25, 0.3) is 11.3 Å². The van der Waals surface area contributed by atoms with Crippen LogP contribution in [0.4, 0.5) is 5.69 Å². The van der Waals surface area contributed by atoms with Crippen LogP contribution in [-0.2, 0) is 6.54 Å². The highest BCUT2D eigenvalue weighted by molar-refractivity contribution is 6.05. The van der Waals surface area contributed by atoms with Gasteiger partial charge in [-0.3, -0.25) is 4.79 Å². The van der Waals surface area contributed by atoms with Gasteiger partial charge in [0.05, 0.1) is 18.4 Å². The third kappa shape index (κ3) is 3.93. The zero-order chi connectivity index (χ0) is 19.3. The summed E-state index contributed by atoms with van der Waals surface area (Å²) in [5.74, 6) is -0.155. The quantitative estimate of drug-likeness (QED) is 0.582. The van der Waals surface area contributed by atoms with Gasteiger partial charge in [-0.05, 0) is 42.8 Å². The van der Waals surface area contributed by atoms with Gasteiger partial charge >= 0.3 is 0 Å². The molecule has 0 aliphatic carbocycles. The van der Waals surface area contributed by atoms with Crippen LogP contribution in [-0.4, -0.2) is 31.1 Å². The van der Waals surface area contributed by atoms with Crippen LogP contribution >= 0.6 is 0 Å². The smallest absolute Gasteiger partial charge is 0.255 e. The standard InChI is InChI=1S/C21H18N6O/c1-15-9-10-16(12-19(15)21(28)23-17-6-3-2-4-7-17)20-14-27(26-25-20)13-18-8-5-11-22-24-18/h2-12,14H,13H2,1H3,(H,23,28). The average Bonchev–Trinajstić information content (AvgIpc) is 3.18. The molecule has 4 rings (SSSR count). The maximum absolute atomic E-state index is 12.7. The largest absolute Gasteiger partial charge is 0.322 e. The number of nitrogens with zero attached hydrogens (tertiary/aromatic N) is 5. The van der Waals surface area contributed by atoms with Gasteiger partial charge in [0.15, 0.2) is 0 Å². The monoisotopic (exact) mass is 370 g/mol. The Hall–Kier alpha value is -3.87. The molecule has 0 aliphatic rings. The van der Waals surface area contributed by atoms with E-state index in [0.717, 1.165) is 22.5 Å². The molecule has 0 aliphatic heterocycles. The zero-order valence-corrected chi connectivity index (χ0v) is 15.3. The number of amides is 1. The fourth-order valence-corrected chi connectivity index (χ4v) is 2.84. The van der Waals surface area contributed by atoms with E-state index in [2.05, 4.69) is 25.8 Å². The van der Waals surface area contributed by atoms with Gasteiger partial charge in [0, 0.05) is 23.0 Å². The molecule has 0 radical (unpaired) electrons. The Morgan fingerprint density at radius 1 is 1.04 bits per heavy atom. The summed E-state index contributed by atoms with van der Waals surface area (Å²) in [6, 6.07) is 18.8. The van der Waals surface area contributed by atoms with E-state index in [4.69, 9.17) is 0 Å². The van der Waals surface area contributed by atoms with Gasteiger partial charge in [-0.25, -0.2) is 4.68 Å². The lowest BCUT2D eigenvalue weighted by Crippen LogP contribution is -2.13. The first kappa shape index (κ1) is 17.5. The number of aromatic nitrogens is 5. The van der Waals surface area contributed by atoms with Crippen LogP contribution in [0.15, 0.2) is 73.1 Å². The molecule has 7 nitrogen and oxygen atoms in total. The van der Waals surface area contributed by atoms with Gasteiger partial charge < -0.3 is 5.32 Å². The second-order valence-electron chi connectivity index (χ2n) is 6.37. The van der Waals surface area contributed by atoms with Crippen molar-refractivity contribution in [1.82, 2.24) is 25.2 Å². The highest BCUT2D eigenvalue weighted by atomic mass is 16.1. The van der Waals surface area contributed by atoms with Gasteiger partial charge in [0.1, 0.15) is 5.69 Å². The van der Waals surface area contributed by atoms with E-state index in [0.29, 0.717) is 17.8 Å². The predicted octanol–water partition coefficient (Wildman–Crippen LogP) is 3.34. The van der Waals surface area contributed by atoms with Gasteiger partial charge in [-0.2, -0.15) is 10.2 Å². The number of rotatable bonds is 5. The van der Waals surface area contributed by atoms with Crippen molar-refractivity contribution < 1.29 is 4.79 Å². The lowest BCUT2D eigenvalue weighted by Gasteiger charge is -2.09. The van der Waals surface area contributed by atoms with Crippen molar-refractivity contribution in [3.8, 4) is 11.3 Å². The summed E-state index contributed by atoms with van der Waals surface area (Å²) in [4.78, 5) is 12.7. The fourth-order valence-electron chi connectivity index (χ4n) is 2.84. The maximum Gasteiger partial charge on any atom is 0.255 e. The van der Waals surface area contributed by atoms with Gasteiger partial charge in [-0.15, -0.1) is 5.10 Å². The highest BCUT2D eigenvalue weighted by Gasteiger charge is 2.13. The lowest BCUT2D eigenvalue weighted by molar-refractivity contribution is 0.102. The molecule has 2 heterocycles. The van der Waals surface area contributed by atoms with Crippen LogP contribution < -0.4 is 5.32 Å². The normalized spacial score (nSPS) is 10.6. The Bertz CT molecular complexity index is 1090. The lowest BCUT2D eigenvalue weighted by atomic mass is 10.0. The third-order valence-electron chi connectivity index (χ3n) is 4.30. The third-order valence-corrected chi connectivity index (χ3v) is 4.30. The number of aryl methyl sites for hydroxylation is 1. The number of hydrogen-bond acceptors (Lipinski definition) is 5. The fraction of sp³-hybridized carbons (Fsp3) is 0.0952. The van der Waals surface area contributed by atoms with E-state index in [1.165, 1.54) is 0 Å². The van der Waals surface area contributed by atoms with Crippen molar-refractivity contribution in [3.63, 3.8) is 0 Å². The molecule has 2 aromatic heterocycles. The summed E-state index contributed by atoms with van der Waals surface area (Å²) >= 11 is 0. The Morgan fingerprint density at radius 2 is 1.89 bits per heavy atom. The number of carbonyl (C=O) groups is 1. The van der Waals surface area contributed by atoms with Crippen molar-refractivity contribution in [2.45, 2.75) is 13.5 Å². The van der Waals surface area contributed by atoms with Crippen molar-refractivity contribution >= 4 is 11.6 Å². The van der Waals surface area contributed by atoms with Crippen molar-refractivity contribution in [1.29, 1.82) is 0 Å². The second-order valence-corrected chi connectivity index (χ2v) is 6.37. The van der Waals surface area contributed by atoms with Crippen LogP contribution in [0.3, 0.4) is 0 Å². The van der Waals surface area contributed by atoms with Gasteiger partial charge in [0.2, 0.25) is 0 Å². The maximum atomic E-state index is 12.7. The molecule has 7 heteroatoms. The molecule has 4 aromatic rings. The first-order valence-corrected chi connectivity index (χ1v) is 8.83. The van der Waals surface area contributed by atoms with E-state index in [1.807, 2.05) is 73.8 Å². The van der Waals surface area contributed by atoms with Gasteiger partial charge in [0.25, 0.3) is 5.91 Å². The Kier molecular flexibility index (Phi) is 4.88. The van der Waals surface area contributed by atoms with Crippen LogP contribution in [0, 0.1) is 6.92 Å². The first-order valence-electron chi connectivity index (χ1n) is 8.83. The molecule has 0 saturated carbocycles. The number of benzene rings is 2. The Labute approximate surface area is 162 Å². The van der Waals surface area contributed by atoms with E-state index in [9.17, 15) is 4.79 Å². The molecular formula is C21H18N6O. The minimum Gasteiger partial charge on any atom is -0.322 e. The molecule has 2 aromatic carbocycles. The minimum absolute atomic E-state index is 0.155. The summed E-state index contributed by atoms with van der Waals surface area (Å²) in [5.41, 5.74) is 4.57. The number of para-hydroxylation sites is 1. The molecule has 0 bridgehead atoms. The summed E-state index contributed by atoms with van der Waals surface area (Å²) in [5, 5.41) is 19.2. The topological polar surface area (TPSA) is 85.6 Å². The van der Waals surface area contributed by atoms with Crippen molar-refractivity contribution in [2.75, 3.05) is 5.32 Å². The molecule has 0 unspecified atom stereocenters. The van der Waals surface area contributed by atoms with Crippen LogP contribution in [0.2, 0.25) is 0 Å². The highest BCUT2D eigenvalue weighted by Crippen LogP contribution is 2.21. The first-order chi connectivity index (χ1) is 13.7. The number of hydrogen-bond donors (Lipinski definition) is 1. The van der Waals surface area contributed by atoms with Gasteiger partial charge in [-0.1, -0.05) is 35.5 Å². The van der Waals surface area contributed by atoms with E-state index in [-0.39, 0.29) is 5.91 Å². The summed E-state index contributed by atoms with van der Waals surface area (Å²) in [6.07, 6.45) is 3.46. The summed E-state index contributed by atoms with van der Waals surface area (Å²) < 4.78 is 1.70. The number of carbonyl (C=O) groups excluding carboxylic acids is 1. The molecule has 0 saturated heterocycles. The van der Waals surface area contributed by atoms with Crippen LogP contribution in [0.5, 0.6) is 0 Å². The SMILES string of the molecule is Cc1ccc(-c2cn(Cc3cccnn3)nn2)cc1C(=O)Nc1ccccc1. The van der Waals surface area contributed by atoms with E-state index >= 15 is 0 Å². The molecule has 0 fully saturated rings. The molecule has 0 atom stereocenters. The second kappa shape index (κ2) is 7.79. The minimum atomic E-state index is -0.155. The molecule has 1 N–H and O–H groups in total. The molecule has 1 amide bonds. The molecule has 138 valence electrons. The molecule has 28 heavy (non-hydrogen) atoms. The Balaban J connectivity index is 1.56. The Morgan fingerprint density at radius 3 is 2.68 bits per heavy atom. The van der Waals surface area contributed by atoms with Crippen molar-refractivity contribution in [3.05, 3.63) is 89.9 Å². The zero-order valence-electron chi connectivity index (χ0n) is 15.3. The molecular weight excluding hydrogens is 352 g/mol. The van der Waals surface area contributed by atoms with E-state index < -0.39 is 0 Å². The summed E-state index contributed by atoms with van der Waals surface area (Å²) in [6.45, 7) is 2.39. The number of anilines is 1. The summed E-state index contributed by atoms with van der Waals surface area (Å²) in [7, 11) is 0. The average molecular weight is 370 g/mol.